The molecule has 55 heavy (non-hydrogen) atoms. The molecule has 7 aromatic carbocycles. The second-order valence-electron chi connectivity index (χ2n) is 13.4. The molecule has 4 heteroatoms. The van der Waals surface area contributed by atoms with E-state index in [1.165, 1.54) is 21.8 Å². The summed E-state index contributed by atoms with van der Waals surface area (Å²) in [6.07, 6.45) is 2.62. The molecular formula is C51H42N4. The van der Waals surface area contributed by atoms with Crippen LogP contribution in [-0.2, 0) is 0 Å². The first-order valence-electron chi connectivity index (χ1n) is 18.7. The molecule has 2 heterocycles. The van der Waals surface area contributed by atoms with Crippen LogP contribution in [0.4, 0.5) is 17.1 Å². The lowest BCUT2D eigenvalue weighted by molar-refractivity contribution is 1.09. The normalized spacial score (nSPS) is 10.9. The van der Waals surface area contributed by atoms with E-state index in [-0.39, 0.29) is 0 Å². The number of rotatable bonds is 8. The van der Waals surface area contributed by atoms with Crippen molar-refractivity contribution in [2.24, 2.45) is 0 Å². The van der Waals surface area contributed by atoms with Gasteiger partial charge in [-0.1, -0.05) is 141 Å². The van der Waals surface area contributed by atoms with Gasteiger partial charge in [-0.05, 0) is 73.5 Å². The van der Waals surface area contributed by atoms with Crippen molar-refractivity contribution < 1.29 is 0 Å². The molecule has 0 radical (unpaired) electrons. The van der Waals surface area contributed by atoms with E-state index in [1.807, 2.05) is 19.1 Å². The van der Waals surface area contributed by atoms with E-state index in [4.69, 9.17) is 9.97 Å². The molecule has 0 aliphatic rings. The predicted octanol–water partition coefficient (Wildman–Crippen LogP) is 14.3. The van der Waals surface area contributed by atoms with Gasteiger partial charge in [0.2, 0.25) is 0 Å². The Hall–Kier alpha value is -7.04. The van der Waals surface area contributed by atoms with Gasteiger partial charge >= 0.3 is 0 Å². The van der Waals surface area contributed by atoms with E-state index < -0.39 is 0 Å². The third-order valence-corrected chi connectivity index (χ3v) is 9.88. The summed E-state index contributed by atoms with van der Waals surface area (Å²) in [7, 11) is 0. The molecule has 0 unspecified atom stereocenters. The second-order valence-corrected chi connectivity index (χ2v) is 13.4. The first-order valence-corrected chi connectivity index (χ1v) is 18.7. The van der Waals surface area contributed by atoms with Crippen molar-refractivity contribution in [3.63, 3.8) is 0 Å². The molecule has 9 rings (SSSR count). The van der Waals surface area contributed by atoms with Crippen LogP contribution in [0.5, 0.6) is 0 Å². The van der Waals surface area contributed by atoms with Crippen molar-refractivity contribution in [3.8, 4) is 33.6 Å². The molecule has 0 aliphatic carbocycles. The maximum absolute atomic E-state index is 5.34. The van der Waals surface area contributed by atoms with Gasteiger partial charge < -0.3 is 9.47 Å². The Morgan fingerprint density at radius 1 is 0.564 bits per heavy atom. The summed E-state index contributed by atoms with van der Waals surface area (Å²) in [5.41, 5.74) is 14.3. The zero-order valence-electron chi connectivity index (χ0n) is 31.2. The van der Waals surface area contributed by atoms with E-state index in [0.29, 0.717) is 0 Å². The van der Waals surface area contributed by atoms with Crippen LogP contribution in [0, 0.1) is 0 Å². The maximum Gasteiger partial charge on any atom is 0.0973 e. The Morgan fingerprint density at radius 2 is 1.11 bits per heavy atom. The topological polar surface area (TPSA) is 34.0 Å². The van der Waals surface area contributed by atoms with Crippen LogP contribution in [0.15, 0.2) is 195 Å². The quantitative estimate of drug-likeness (QED) is 0.147. The van der Waals surface area contributed by atoms with Crippen LogP contribution < -0.4 is 4.90 Å². The van der Waals surface area contributed by atoms with Gasteiger partial charge in [0.25, 0.3) is 0 Å². The predicted molar refractivity (Wildman–Crippen MR) is 235 cm³/mol. The lowest BCUT2D eigenvalue weighted by atomic mass is 10.0. The number of para-hydroxylation sites is 3. The Kier molecular flexibility index (Phi) is 9.88. The van der Waals surface area contributed by atoms with Crippen LogP contribution >= 0.6 is 0 Å². The smallest absolute Gasteiger partial charge is 0.0973 e. The average Bonchev–Trinajstić information content (AvgIpc) is 3.58. The van der Waals surface area contributed by atoms with Gasteiger partial charge in [0, 0.05) is 50.2 Å². The molecule has 0 saturated carbocycles. The van der Waals surface area contributed by atoms with Crippen molar-refractivity contribution in [2.75, 3.05) is 4.90 Å². The van der Waals surface area contributed by atoms with Gasteiger partial charge in [0.1, 0.15) is 0 Å². The maximum atomic E-state index is 5.34. The monoisotopic (exact) mass is 710 g/mol. The molecule has 0 fully saturated rings. The zero-order valence-corrected chi connectivity index (χ0v) is 31.2. The summed E-state index contributed by atoms with van der Waals surface area (Å²) >= 11 is 0. The van der Waals surface area contributed by atoms with E-state index in [0.717, 1.165) is 73.9 Å². The van der Waals surface area contributed by atoms with Gasteiger partial charge in [-0.15, -0.1) is 6.58 Å². The Morgan fingerprint density at radius 3 is 1.80 bits per heavy atom. The number of aromatic nitrogens is 3. The highest BCUT2D eigenvalue weighted by Gasteiger charge is 2.19. The molecule has 0 atom stereocenters. The Balaban J connectivity index is 0.00000138. The first-order chi connectivity index (χ1) is 27.1. The van der Waals surface area contributed by atoms with Gasteiger partial charge in [0.05, 0.1) is 33.5 Å². The van der Waals surface area contributed by atoms with Crippen molar-refractivity contribution in [1.29, 1.82) is 0 Å². The highest BCUT2D eigenvalue weighted by molar-refractivity contribution is 6.11. The standard InChI is InChI=1S/C48H36N4.C3H6/c1-3-33(2)51-44-25-14-13-22-41(44)42-32-39(30-31-45(42)51)52(37-20-11-6-12-21-37)38-28-26-36(27-29-38)46-47(35-18-9-5-10-19-35)50-48-40(23-15-24-43(48)49-46)34-16-7-4-8-17-34;1-3-2/h4-32H,2-3H2,1H3;3H,1H2,2H3. The number of hydrogen-bond acceptors (Lipinski definition) is 3. The van der Waals surface area contributed by atoms with Crippen LogP contribution in [0.25, 0.3) is 72.2 Å². The molecule has 0 bridgehead atoms. The number of anilines is 3. The third-order valence-electron chi connectivity index (χ3n) is 9.88. The Bertz CT molecular complexity index is 2770. The number of benzene rings is 7. The highest BCUT2D eigenvalue weighted by Crippen LogP contribution is 2.41. The zero-order chi connectivity index (χ0) is 37.7. The van der Waals surface area contributed by atoms with Gasteiger partial charge in [-0.3, -0.25) is 0 Å². The lowest BCUT2D eigenvalue weighted by Crippen LogP contribution is -2.09. The van der Waals surface area contributed by atoms with Crippen LogP contribution in [0.3, 0.4) is 0 Å². The highest BCUT2D eigenvalue weighted by atomic mass is 15.1. The summed E-state index contributed by atoms with van der Waals surface area (Å²) in [6, 6.07) is 61.7. The second kappa shape index (κ2) is 15.5. The van der Waals surface area contributed by atoms with Crippen molar-refractivity contribution in [2.45, 2.75) is 20.3 Å². The molecule has 2 aromatic heterocycles. The fraction of sp³-hybridized carbons (Fsp3) is 0.0588. The molecule has 266 valence electrons. The molecule has 0 amide bonds. The van der Waals surface area contributed by atoms with Gasteiger partial charge in [-0.25, -0.2) is 9.97 Å². The van der Waals surface area contributed by atoms with Gasteiger partial charge in [0.15, 0.2) is 0 Å². The third kappa shape index (κ3) is 6.71. The molecular weight excluding hydrogens is 669 g/mol. The van der Waals surface area contributed by atoms with Crippen molar-refractivity contribution in [3.05, 3.63) is 195 Å². The largest absolute Gasteiger partial charge is 0.314 e. The molecule has 4 nitrogen and oxygen atoms in total. The SMILES string of the molecule is C=C(CC)n1c2ccccc2c2cc(N(c3ccccc3)c3ccc(-c4nc5cccc(-c6ccccc6)c5nc4-c4ccccc4)cc3)ccc21.C=CC. The van der Waals surface area contributed by atoms with Crippen molar-refractivity contribution in [1.82, 2.24) is 14.5 Å². The van der Waals surface area contributed by atoms with Crippen LogP contribution in [0.2, 0.25) is 0 Å². The first kappa shape index (κ1) is 35.0. The van der Waals surface area contributed by atoms with E-state index in [2.05, 4.69) is 193 Å². The minimum Gasteiger partial charge on any atom is -0.314 e. The van der Waals surface area contributed by atoms with Crippen LogP contribution in [0.1, 0.15) is 20.3 Å². The van der Waals surface area contributed by atoms with Gasteiger partial charge in [-0.2, -0.15) is 0 Å². The van der Waals surface area contributed by atoms with E-state index in [1.54, 1.807) is 6.08 Å². The molecule has 9 aromatic rings. The number of hydrogen-bond donors (Lipinski definition) is 0. The molecule has 0 aliphatic heterocycles. The summed E-state index contributed by atoms with van der Waals surface area (Å²) in [5, 5.41) is 2.42. The lowest BCUT2D eigenvalue weighted by Gasteiger charge is -2.26. The molecule has 0 saturated heterocycles. The van der Waals surface area contributed by atoms with Crippen LogP contribution in [-0.4, -0.2) is 14.5 Å². The van der Waals surface area contributed by atoms with E-state index in [9.17, 15) is 0 Å². The number of allylic oxidation sites excluding steroid dienone is 2. The average molecular weight is 711 g/mol. The molecule has 0 spiro atoms. The number of nitrogens with zero attached hydrogens (tertiary/aromatic N) is 4. The minimum absolute atomic E-state index is 0.854. The molecule has 0 N–H and O–H groups in total. The minimum atomic E-state index is 0.854. The summed E-state index contributed by atoms with van der Waals surface area (Å²) in [4.78, 5) is 13.0. The van der Waals surface area contributed by atoms with E-state index >= 15 is 0 Å². The summed E-state index contributed by atoms with van der Waals surface area (Å²) in [5.74, 6) is 0. The Labute approximate surface area is 323 Å². The fourth-order valence-corrected chi connectivity index (χ4v) is 7.32. The van der Waals surface area contributed by atoms with Crippen molar-refractivity contribution >= 4 is 55.6 Å². The number of fused-ring (bicyclic) bond motifs is 4. The summed E-state index contributed by atoms with van der Waals surface area (Å²) < 4.78 is 2.30. The summed E-state index contributed by atoms with van der Waals surface area (Å²) in [6.45, 7) is 11.8. The fourth-order valence-electron chi connectivity index (χ4n) is 7.32.